The minimum atomic E-state index is 0.114. The summed E-state index contributed by atoms with van der Waals surface area (Å²) < 4.78 is 5.23. The van der Waals surface area contributed by atoms with E-state index in [2.05, 4.69) is 10.2 Å². The zero-order valence-electron chi connectivity index (χ0n) is 7.57. The first kappa shape index (κ1) is 8.20. The van der Waals surface area contributed by atoms with Gasteiger partial charge in [-0.2, -0.15) is 15.0 Å². The first-order valence-corrected chi connectivity index (χ1v) is 4.74. The zero-order chi connectivity index (χ0) is 9.71. The first-order valence-electron chi connectivity index (χ1n) is 4.37. The number of nitrogens with zero attached hydrogens (tertiary/aromatic N) is 3. The molecule has 4 nitrogen and oxygen atoms in total. The zero-order valence-corrected chi connectivity index (χ0v) is 8.32. The molecule has 0 amide bonds. The maximum Gasteiger partial charge on any atom is 0.120 e. The number of hydrogen-bond acceptors (Lipinski definition) is 3. The van der Waals surface area contributed by atoms with E-state index in [0.717, 1.165) is 23.2 Å². The Morgan fingerprint density at radius 3 is 3.00 bits per heavy atom. The van der Waals surface area contributed by atoms with Crippen molar-refractivity contribution in [2.45, 2.75) is 6.10 Å². The molecule has 0 aliphatic carbocycles. The molecule has 0 radical (unpaired) electrons. The van der Waals surface area contributed by atoms with Crippen molar-refractivity contribution in [3.63, 3.8) is 0 Å². The maximum atomic E-state index is 6.09. The van der Waals surface area contributed by atoms with Gasteiger partial charge in [-0.15, -0.1) is 0 Å². The Labute approximate surface area is 85.4 Å². The molecule has 3 rings (SSSR count). The standard InChI is InChI=1S/C9H8ClN3O/c1-13-11-6-3-2-5(10)8(7-4-14-7)9(6)12-13/h2-3,7H,4H2,1H3. The highest BCUT2D eigenvalue weighted by Gasteiger charge is 2.30. The van der Waals surface area contributed by atoms with Crippen molar-refractivity contribution >= 4 is 22.6 Å². The Morgan fingerprint density at radius 1 is 1.50 bits per heavy atom. The summed E-state index contributed by atoms with van der Waals surface area (Å²) >= 11 is 6.09. The molecule has 1 saturated heterocycles. The van der Waals surface area contributed by atoms with Crippen LogP contribution >= 0.6 is 11.6 Å². The van der Waals surface area contributed by atoms with Crippen molar-refractivity contribution in [3.05, 3.63) is 22.7 Å². The van der Waals surface area contributed by atoms with Gasteiger partial charge in [-0.25, -0.2) is 0 Å². The Balaban J connectivity index is 2.35. The van der Waals surface area contributed by atoms with Gasteiger partial charge < -0.3 is 4.74 Å². The molecule has 1 aromatic carbocycles. The molecule has 0 saturated carbocycles. The normalized spacial score (nSPS) is 20.3. The lowest BCUT2D eigenvalue weighted by molar-refractivity contribution is 0.416. The fourth-order valence-corrected chi connectivity index (χ4v) is 1.88. The number of fused-ring (bicyclic) bond motifs is 1. The first-order chi connectivity index (χ1) is 6.75. The predicted octanol–water partition coefficient (Wildman–Crippen LogP) is 1.69. The van der Waals surface area contributed by atoms with Crippen molar-refractivity contribution in [1.29, 1.82) is 0 Å². The van der Waals surface area contributed by atoms with E-state index in [9.17, 15) is 0 Å². The summed E-state index contributed by atoms with van der Waals surface area (Å²) in [6, 6.07) is 3.71. The smallest absolute Gasteiger partial charge is 0.120 e. The number of aryl methyl sites for hydroxylation is 1. The van der Waals surface area contributed by atoms with Crippen LogP contribution in [0.15, 0.2) is 12.1 Å². The van der Waals surface area contributed by atoms with E-state index in [0.29, 0.717) is 5.02 Å². The van der Waals surface area contributed by atoms with Gasteiger partial charge >= 0.3 is 0 Å². The minimum absolute atomic E-state index is 0.114. The summed E-state index contributed by atoms with van der Waals surface area (Å²) in [4.78, 5) is 1.55. The second-order valence-electron chi connectivity index (χ2n) is 3.34. The van der Waals surface area contributed by atoms with Gasteiger partial charge in [-0.3, -0.25) is 0 Å². The highest BCUT2D eigenvalue weighted by molar-refractivity contribution is 6.32. The van der Waals surface area contributed by atoms with Crippen LogP contribution < -0.4 is 0 Å². The molecule has 1 aliphatic heterocycles. The number of halogens is 1. The van der Waals surface area contributed by atoms with Gasteiger partial charge in [-0.05, 0) is 12.1 Å². The second-order valence-corrected chi connectivity index (χ2v) is 3.75. The molecular formula is C9H8ClN3O. The van der Waals surface area contributed by atoms with E-state index < -0.39 is 0 Å². The van der Waals surface area contributed by atoms with E-state index in [1.165, 1.54) is 0 Å². The number of ether oxygens (including phenoxy) is 1. The van der Waals surface area contributed by atoms with Crippen LogP contribution in [-0.2, 0) is 11.8 Å². The minimum Gasteiger partial charge on any atom is -0.368 e. The number of hydrogen-bond donors (Lipinski definition) is 0. The molecule has 2 heterocycles. The third kappa shape index (κ3) is 1.11. The van der Waals surface area contributed by atoms with Gasteiger partial charge in [0.1, 0.15) is 17.1 Å². The Morgan fingerprint density at radius 2 is 2.29 bits per heavy atom. The highest BCUT2D eigenvalue weighted by Crippen LogP contribution is 2.38. The summed E-state index contributed by atoms with van der Waals surface area (Å²) in [6.45, 7) is 0.732. The predicted molar refractivity (Wildman–Crippen MR) is 52.2 cm³/mol. The summed E-state index contributed by atoms with van der Waals surface area (Å²) in [7, 11) is 1.80. The van der Waals surface area contributed by atoms with Gasteiger partial charge in [-0.1, -0.05) is 11.6 Å². The molecule has 14 heavy (non-hydrogen) atoms. The SMILES string of the molecule is Cn1nc2ccc(Cl)c(C3CO3)c2n1. The largest absolute Gasteiger partial charge is 0.368 e. The van der Waals surface area contributed by atoms with Gasteiger partial charge in [0, 0.05) is 17.6 Å². The fourth-order valence-electron chi connectivity index (χ4n) is 1.60. The quantitative estimate of drug-likeness (QED) is 0.672. The monoisotopic (exact) mass is 209 g/mol. The molecule has 2 aromatic rings. The molecule has 0 spiro atoms. The average Bonchev–Trinajstić information content (AvgIpc) is 2.88. The third-order valence-corrected chi connectivity index (χ3v) is 2.62. The van der Waals surface area contributed by atoms with E-state index in [1.807, 2.05) is 12.1 Å². The topological polar surface area (TPSA) is 43.2 Å². The van der Waals surface area contributed by atoms with Crippen molar-refractivity contribution in [2.75, 3.05) is 6.61 Å². The number of rotatable bonds is 1. The lowest BCUT2D eigenvalue weighted by Gasteiger charge is -1.98. The number of aromatic nitrogens is 3. The molecule has 72 valence electrons. The molecule has 5 heteroatoms. The molecule has 1 fully saturated rings. The van der Waals surface area contributed by atoms with Crippen LogP contribution in [0.1, 0.15) is 11.7 Å². The molecule has 1 aromatic heterocycles. The van der Waals surface area contributed by atoms with Crippen LogP contribution in [0, 0.1) is 0 Å². The Bertz CT molecular complexity index is 504. The molecule has 1 atom stereocenters. The van der Waals surface area contributed by atoms with Gasteiger partial charge in [0.2, 0.25) is 0 Å². The van der Waals surface area contributed by atoms with E-state index >= 15 is 0 Å². The number of benzene rings is 1. The summed E-state index contributed by atoms with van der Waals surface area (Å²) in [5, 5.41) is 9.20. The van der Waals surface area contributed by atoms with Crippen molar-refractivity contribution < 1.29 is 4.74 Å². The molecule has 1 unspecified atom stereocenters. The highest BCUT2D eigenvalue weighted by atomic mass is 35.5. The van der Waals surface area contributed by atoms with Crippen LogP contribution in [0.5, 0.6) is 0 Å². The fraction of sp³-hybridized carbons (Fsp3) is 0.333. The van der Waals surface area contributed by atoms with Gasteiger partial charge in [0.05, 0.1) is 6.61 Å². The van der Waals surface area contributed by atoms with E-state index in [-0.39, 0.29) is 6.10 Å². The van der Waals surface area contributed by atoms with Crippen LogP contribution in [0.2, 0.25) is 5.02 Å². The maximum absolute atomic E-state index is 6.09. The van der Waals surface area contributed by atoms with E-state index in [1.54, 1.807) is 11.8 Å². The van der Waals surface area contributed by atoms with Crippen LogP contribution in [0.4, 0.5) is 0 Å². The summed E-state index contributed by atoms with van der Waals surface area (Å²) in [5.74, 6) is 0. The molecule has 0 bridgehead atoms. The summed E-state index contributed by atoms with van der Waals surface area (Å²) in [5.41, 5.74) is 2.68. The number of epoxide rings is 1. The molecule has 1 aliphatic rings. The van der Waals surface area contributed by atoms with Crippen LogP contribution in [0.25, 0.3) is 11.0 Å². The molecule has 0 N–H and O–H groups in total. The van der Waals surface area contributed by atoms with E-state index in [4.69, 9.17) is 16.3 Å². The van der Waals surface area contributed by atoms with Gasteiger partial charge in [0.25, 0.3) is 0 Å². The molecular weight excluding hydrogens is 202 g/mol. The van der Waals surface area contributed by atoms with Crippen molar-refractivity contribution in [2.24, 2.45) is 7.05 Å². The Hall–Kier alpha value is -1.13. The Kier molecular flexibility index (Phi) is 1.57. The van der Waals surface area contributed by atoms with Crippen molar-refractivity contribution in [1.82, 2.24) is 15.0 Å². The van der Waals surface area contributed by atoms with Crippen molar-refractivity contribution in [3.8, 4) is 0 Å². The third-order valence-electron chi connectivity index (χ3n) is 2.30. The average molecular weight is 210 g/mol. The summed E-state index contributed by atoms with van der Waals surface area (Å²) in [6.07, 6.45) is 0.114. The van der Waals surface area contributed by atoms with Crippen LogP contribution in [0.3, 0.4) is 0 Å². The second kappa shape index (κ2) is 2.68. The lowest BCUT2D eigenvalue weighted by atomic mass is 10.1. The van der Waals surface area contributed by atoms with Crippen LogP contribution in [-0.4, -0.2) is 21.6 Å². The van der Waals surface area contributed by atoms with Gasteiger partial charge in [0.15, 0.2) is 0 Å². The lowest BCUT2D eigenvalue weighted by Crippen LogP contribution is -1.91.